The highest BCUT2D eigenvalue weighted by Crippen LogP contribution is 2.24. The molecule has 0 aliphatic carbocycles. The summed E-state index contributed by atoms with van der Waals surface area (Å²) in [4.78, 5) is 11.2. The van der Waals surface area contributed by atoms with E-state index in [1.54, 1.807) is 19.2 Å². The smallest absolute Gasteiger partial charge is 0.286 e. The molecule has 0 fully saturated rings. The molecule has 0 bridgehead atoms. The van der Waals surface area contributed by atoms with E-state index in [1.165, 1.54) is 0 Å². The molecule has 1 heterocycles. The third-order valence-corrected chi connectivity index (χ3v) is 2.03. The lowest BCUT2D eigenvalue weighted by Gasteiger charge is -1.93. The molecule has 4 nitrogen and oxygen atoms in total. The summed E-state index contributed by atoms with van der Waals surface area (Å²) in [7, 11) is 1.55. The number of amides is 1. The summed E-state index contributed by atoms with van der Waals surface area (Å²) in [5.74, 6) is 0.0287. The van der Waals surface area contributed by atoms with E-state index in [0.29, 0.717) is 11.3 Å². The first-order valence-corrected chi connectivity index (χ1v) is 4.22. The average molecular weight is 190 g/mol. The van der Waals surface area contributed by atoms with Crippen molar-refractivity contribution in [1.29, 1.82) is 0 Å². The van der Waals surface area contributed by atoms with Gasteiger partial charge in [-0.2, -0.15) is 0 Å². The summed E-state index contributed by atoms with van der Waals surface area (Å²) in [5.41, 5.74) is 6.79. The lowest BCUT2D eigenvalue weighted by molar-refractivity contribution is 0.0938. The number of nitrogens with two attached hydrogens (primary N) is 1. The van der Waals surface area contributed by atoms with Gasteiger partial charge in [-0.05, 0) is 12.1 Å². The van der Waals surface area contributed by atoms with Gasteiger partial charge in [-0.3, -0.25) is 4.79 Å². The predicted octanol–water partition coefficient (Wildman–Crippen LogP) is 1.37. The van der Waals surface area contributed by atoms with Crippen LogP contribution in [0, 0.1) is 0 Å². The number of hydrogen-bond donors (Lipinski definition) is 2. The number of hydrogen-bond acceptors (Lipinski definition) is 3. The van der Waals surface area contributed by atoms with Crippen LogP contribution in [0.1, 0.15) is 10.6 Å². The van der Waals surface area contributed by atoms with Gasteiger partial charge in [-0.25, -0.2) is 0 Å². The average Bonchev–Trinajstić information content (AvgIpc) is 2.62. The summed E-state index contributed by atoms with van der Waals surface area (Å²) in [6, 6.07) is 7.08. The Balaban J connectivity index is 2.62. The van der Waals surface area contributed by atoms with Crippen molar-refractivity contribution in [2.75, 3.05) is 12.8 Å². The molecule has 0 unspecified atom stereocenters. The maximum atomic E-state index is 11.2. The Morgan fingerprint density at radius 3 is 2.93 bits per heavy atom. The fourth-order valence-corrected chi connectivity index (χ4v) is 1.32. The molecule has 0 radical (unpaired) electrons. The number of rotatable bonds is 1. The van der Waals surface area contributed by atoms with Crippen molar-refractivity contribution in [2.45, 2.75) is 0 Å². The number of fused-ring (bicyclic) bond motifs is 1. The summed E-state index contributed by atoms with van der Waals surface area (Å²) < 4.78 is 5.31. The van der Waals surface area contributed by atoms with Crippen molar-refractivity contribution >= 4 is 22.6 Å². The van der Waals surface area contributed by atoms with Crippen LogP contribution in [0.25, 0.3) is 11.0 Å². The zero-order valence-electron chi connectivity index (χ0n) is 7.70. The van der Waals surface area contributed by atoms with Gasteiger partial charge in [-0.15, -0.1) is 0 Å². The molecule has 0 spiro atoms. The molecular formula is C10H10N2O2. The minimum absolute atomic E-state index is 0.249. The number of carbonyl (C=O) groups is 1. The predicted molar refractivity (Wildman–Crippen MR) is 54.0 cm³/mol. The van der Waals surface area contributed by atoms with Crippen molar-refractivity contribution in [3.8, 4) is 0 Å². The standard InChI is InChI=1S/C10H10N2O2/c1-12-10(13)8-5-6-3-2-4-7(11)9(6)14-8/h2-5H,11H2,1H3,(H,12,13). The van der Waals surface area contributed by atoms with Crippen LogP contribution in [0.2, 0.25) is 0 Å². The van der Waals surface area contributed by atoms with E-state index in [2.05, 4.69) is 5.32 Å². The minimum Gasteiger partial charge on any atom is -0.449 e. The van der Waals surface area contributed by atoms with Crippen LogP contribution in [-0.2, 0) is 0 Å². The topological polar surface area (TPSA) is 68.3 Å². The largest absolute Gasteiger partial charge is 0.449 e. The zero-order chi connectivity index (χ0) is 10.1. The lowest BCUT2D eigenvalue weighted by Crippen LogP contribution is -2.16. The molecule has 0 aliphatic rings. The van der Waals surface area contributed by atoms with E-state index in [1.807, 2.05) is 12.1 Å². The Bertz CT molecular complexity index is 488. The van der Waals surface area contributed by atoms with Crippen LogP contribution in [0.4, 0.5) is 5.69 Å². The number of benzene rings is 1. The van der Waals surface area contributed by atoms with Gasteiger partial charge in [0.05, 0.1) is 5.69 Å². The summed E-state index contributed by atoms with van der Waals surface area (Å²) in [5, 5.41) is 3.32. The fourth-order valence-electron chi connectivity index (χ4n) is 1.32. The van der Waals surface area contributed by atoms with Crippen molar-refractivity contribution < 1.29 is 9.21 Å². The first-order valence-electron chi connectivity index (χ1n) is 4.22. The maximum absolute atomic E-state index is 11.2. The Kier molecular flexibility index (Phi) is 1.89. The lowest BCUT2D eigenvalue weighted by atomic mass is 10.2. The molecular weight excluding hydrogens is 180 g/mol. The van der Waals surface area contributed by atoms with Crippen molar-refractivity contribution in [1.82, 2.24) is 5.32 Å². The van der Waals surface area contributed by atoms with Gasteiger partial charge in [-0.1, -0.05) is 12.1 Å². The molecule has 1 amide bonds. The third kappa shape index (κ3) is 1.21. The van der Waals surface area contributed by atoms with Gasteiger partial charge in [0.2, 0.25) is 0 Å². The highest BCUT2D eigenvalue weighted by Gasteiger charge is 2.11. The molecule has 0 aliphatic heterocycles. The van der Waals surface area contributed by atoms with Crippen LogP contribution >= 0.6 is 0 Å². The second-order valence-corrected chi connectivity index (χ2v) is 2.96. The molecule has 14 heavy (non-hydrogen) atoms. The van der Waals surface area contributed by atoms with Gasteiger partial charge in [0.1, 0.15) is 0 Å². The first-order chi connectivity index (χ1) is 6.72. The molecule has 1 aromatic carbocycles. The highest BCUT2D eigenvalue weighted by atomic mass is 16.3. The van der Waals surface area contributed by atoms with E-state index >= 15 is 0 Å². The fraction of sp³-hybridized carbons (Fsp3) is 0.100. The van der Waals surface area contributed by atoms with E-state index in [4.69, 9.17) is 10.2 Å². The number of nitrogens with one attached hydrogen (secondary N) is 1. The molecule has 0 saturated carbocycles. The van der Waals surface area contributed by atoms with Gasteiger partial charge < -0.3 is 15.5 Å². The second-order valence-electron chi connectivity index (χ2n) is 2.96. The van der Waals surface area contributed by atoms with Crippen LogP contribution < -0.4 is 11.1 Å². The first kappa shape index (κ1) is 8.62. The third-order valence-electron chi connectivity index (χ3n) is 2.03. The number of para-hydroxylation sites is 1. The molecule has 3 N–H and O–H groups in total. The Hall–Kier alpha value is -1.97. The van der Waals surface area contributed by atoms with Crippen molar-refractivity contribution in [3.63, 3.8) is 0 Å². The molecule has 72 valence electrons. The number of nitrogen functional groups attached to an aromatic ring is 1. The highest BCUT2D eigenvalue weighted by molar-refractivity contribution is 5.98. The summed E-state index contributed by atoms with van der Waals surface area (Å²) >= 11 is 0. The van der Waals surface area contributed by atoms with Crippen LogP contribution in [0.5, 0.6) is 0 Å². The van der Waals surface area contributed by atoms with Gasteiger partial charge in [0.25, 0.3) is 5.91 Å². The zero-order valence-corrected chi connectivity index (χ0v) is 7.70. The normalized spacial score (nSPS) is 10.4. The van der Waals surface area contributed by atoms with Crippen LogP contribution in [0.15, 0.2) is 28.7 Å². The van der Waals surface area contributed by atoms with Gasteiger partial charge in [0, 0.05) is 12.4 Å². The maximum Gasteiger partial charge on any atom is 0.286 e. The molecule has 2 rings (SSSR count). The molecule has 0 saturated heterocycles. The van der Waals surface area contributed by atoms with Crippen molar-refractivity contribution in [3.05, 3.63) is 30.0 Å². The SMILES string of the molecule is CNC(=O)c1cc2cccc(N)c2o1. The Labute approximate surface area is 80.7 Å². The molecule has 4 heteroatoms. The minimum atomic E-state index is -0.249. The van der Waals surface area contributed by atoms with Gasteiger partial charge in [0.15, 0.2) is 11.3 Å². The number of carbonyl (C=O) groups excluding carboxylic acids is 1. The molecule has 0 atom stereocenters. The Morgan fingerprint density at radius 1 is 1.50 bits per heavy atom. The van der Waals surface area contributed by atoms with Crippen LogP contribution in [-0.4, -0.2) is 13.0 Å². The molecule has 2 aromatic rings. The molecule has 1 aromatic heterocycles. The monoisotopic (exact) mass is 190 g/mol. The van der Waals surface area contributed by atoms with Gasteiger partial charge >= 0.3 is 0 Å². The van der Waals surface area contributed by atoms with E-state index < -0.39 is 0 Å². The number of anilines is 1. The number of furan rings is 1. The second kappa shape index (κ2) is 3.06. The summed E-state index contributed by atoms with van der Waals surface area (Å²) in [6.07, 6.45) is 0. The van der Waals surface area contributed by atoms with E-state index in [9.17, 15) is 4.79 Å². The van der Waals surface area contributed by atoms with E-state index in [-0.39, 0.29) is 11.7 Å². The van der Waals surface area contributed by atoms with E-state index in [0.717, 1.165) is 5.39 Å². The summed E-state index contributed by atoms with van der Waals surface area (Å²) in [6.45, 7) is 0. The Morgan fingerprint density at radius 2 is 2.29 bits per heavy atom. The van der Waals surface area contributed by atoms with Crippen LogP contribution in [0.3, 0.4) is 0 Å². The van der Waals surface area contributed by atoms with Crippen molar-refractivity contribution in [2.24, 2.45) is 0 Å². The quantitative estimate of drug-likeness (QED) is 0.667.